The Morgan fingerprint density at radius 1 is 0.955 bits per heavy atom. The molecule has 5 heteroatoms. The van der Waals surface area contributed by atoms with Gasteiger partial charge in [0, 0.05) is 6.42 Å². The SMILES string of the molecule is [O-][n+]1onc(Oc2ccccc2)c1CCCc1ccccc1. The summed E-state index contributed by atoms with van der Waals surface area (Å²) in [6, 6.07) is 19.4. The number of hydrogen-bond donors (Lipinski definition) is 0. The molecule has 0 spiro atoms. The van der Waals surface area contributed by atoms with Gasteiger partial charge < -0.3 is 9.94 Å². The first-order valence-corrected chi connectivity index (χ1v) is 7.18. The molecule has 0 atom stereocenters. The summed E-state index contributed by atoms with van der Waals surface area (Å²) >= 11 is 0. The molecule has 0 aliphatic carbocycles. The van der Waals surface area contributed by atoms with Crippen molar-refractivity contribution in [1.82, 2.24) is 5.16 Å². The largest absolute Gasteiger partial charge is 0.416 e. The maximum absolute atomic E-state index is 11.7. The van der Waals surface area contributed by atoms with Crippen molar-refractivity contribution in [3.8, 4) is 11.6 Å². The van der Waals surface area contributed by atoms with Gasteiger partial charge in [0.25, 0.3) is 0 Å². The van der Waals surface area contributed by atoms with E-state index in [-0.39, 0.29) is 5.88 Å². The first kappa shape index (κ1) is 14.1. The van der Waals surface area contributed by atoms with Crippen molar-refractivity contribution in [1.29, 1.82) is 0 Å². The Morgan fingerprint density at radius 3 is 2.36 bits per heavy atom. The molecule has 0 radical (unpaired) electrons. The predicted molar refractivity (Wildman–Crippen MR) is 80.4 cm³/mol. The van der Waals surface area contributed by atoms with Crippen LogP contribution in [-0.4, -0.2) is 5.16 Å². The van der Waals surface area contributed by atoms with E-state index in [9.17, 15) is 5.21 Å². The van der Waals surface area contributed by atoms with Gasteiger partial charge >= 0.3 is 5.88 Å². The Labute approximate surface area is 128 Å². The monoisotopic (exact) mass is 296 g/mol. The Balaban J connectivity index is 1.65. The van der Waals surface area contributed by atoms with E-state index in [2.05, 4.69) is 21.9 Å². The highest BCUT2D eigenvalue weighted by Gasteiger charge is 2.21. The van der Waals surface area contributed by atoms with Crippen LogP contribution < -0.4 is 9.64 Å². The third-order valence-electron chi connectivity index (χ3n) is 3.34. The van der Waals surface area contributed by atoms with Crippen molar-refractivity contribution in [3.63, 3.8) is 0 Å². The standard InChI is InChI=1S/C17H16N2O3/c20-19-16(13-7-10-14-8-3-1-4-9-14)17(18-22-19)21-15-11-5-2-6-12-15/h1-6,8-9,11-12H,7,10,13H2. The van der Waals surface area contributed by atoms with Crippen molar-refractivity contribution in [2.75, 3.05) is 0 Å². The van der Waals surface area contributed by atoms with Crippen molar-refractivity contribution in [2.45, 2.75) is 19.3 Å². The molecule has 0 saturated carbocycles. The fourth-order valence-corrected chi connectivity index (χ4v) is 2.23. The second-order valence-corrected chi connectivity index (χ2v) is 4.94. The summed E-state index contributed by atoms with van der Waals surface area (Å²) in [6.07, 6.45) is 2.25. The van der Waals surface area contributed by atoms with Crippen LogP contribution in [0.2, 0.25) is 0 Å². The molecule has 1 aromatic heterocycles. The number of nitrogens with zero attached hydrogens (tertiary/aromatic N) is 2. The van der Waals surface area contributed by atoms with Gasteiger partial charge in [-0.05, 0) is 35.4 Å². The smallest absolute Gasteiger partial charge is 0.403 e. The summed E-state index contributed by atoms with van der Waals surface area (Å²) in [6.45, 7) is 0. The van der Waals surface area contributed by atoms with Crippen molar-refractivity contribution >= 4 is 0 Å². The molecule has 1 heterocycles. The van der Waals surface area contributed by atoms with Gasteiger partial charge in [0.15, 0.2) is 0 Å². The average molecular weight is 296 g/mol. The van der Waals surface area contributed by atoms with Crippen LogP contribution in [0.3, 0.4) is 0 Å². The number of aromatic nitrogens is 2. The van der Waals surface area contributed by atoms with Crippen LogP contribution in [0.1, 0.15) is 17.7 Å². The summed E-state index contributed by atoms with van der Waals surface area (Å²) < 4.78 is 10.3. The number of para-hydroxylation sites is 1. The minimum absolute atomic E-state index is 0.231. The summed E-state index contributed by atoms with van der Waals surface area (Å²) in [5, 5.41) is 15.4. The lowest BCUT2D eigenvalue weighted by Gasteiger charge is -2.02. The van der Waals surface area contributed by atoms with Crippen LogP contribution in [0.25, 0.3) is 0 Å². The highest BCUT2D eigenvalue weighted by Crippen LogP contribution is 2.22. The second-order valence-electron chi connectivity index (χ2n) is 4.94. The average Bonchev–Trinajstić information content (AvgIpc) is 2.90. The van der Waals surface area contributed by atoms with E-state index in [1.807, 2.05) is 36.4 Å². The topological polar surface area (TPSA) is 62.2 Å². The van der Waals surface area contributed by atoms with Gasteiger partial charge in [0.1, 0.15) is 5.75 Å². The molecular formula is C17H16N2O3. The molecule has 5 nitrogen and oxygen atoms in total. The minimum Gasteiger partial charge on any atom is -0.416 e. The van der Waals surface area contributed by atoms with Crippen LogP contribution in [0.15, 0.2) is 65.3 Å². The van der Waals surface area contributed by atoms with Gasteiger partial charge in [-0.1, -0.05) is 48.5 Å². The molecule has 112 valence electrons. The fourth-order valence-electron chi connectivity index (χ4n) is 2.23. The molecule has 0 N–H and O–H groups in total. The highest BCUT2D eigenvalue weighted by molar-refractivity contribution is 5.27. The lowest BCUT2D eigenvalue weighted by molar-refractivity contribution is -0.807. The van der Waals surface area contributed by atoms with Gasteiger partial charge in [0.05, 0.1) is 5.16 Å². The molecule has 22 heavy (non-hydrogen) atoms. The summed E-state index contributed by atoms with van der Waals surface area (Å²) in [5.74, 6) is 0.856. The van der Waals surface area contributed by atoms with E-state index >= 15 is 0 Å². The second kappa shape index (κ2) is 6.76. The number of hydrogen-bond acceptors (Lipinski definition) is 4. The zero-order valence-electron chi connectivity index (χ0n) is 12.0. The summed E-state index contributed by atoms with van der Waals surface area (Å²) in [7, 11) is 0. The van der Waals surface area contributed by atoms with Crippen LogP contribution >= 0.6 is 0 Å². The lowest BCUT2D eigenvalue weighted by Crippen LogP contribution is -2.28. The molecule has 3 aromatic rings. The highest BCUT2D eigenvalue weighted by atomic mass is 16.8. The minimum atomic E-state index is 0.231. The first-order chi connectivity index (χ1) is 10.8. The number of aryl methyl sites for hydroxylation is 1. The molecule has 2 aromatic carbocycles. The number of ether oxygens (including phenoxy) is 1. The molecule has 0 aliphatic heterocycles. The van der Waals surface area contributed by atoms with Gasteiger partial charge in [-0.3, -0.25) is 4.63 Å². The van der Waals surface area contributed by atoms with Gasteiger partial charge in [-0.25, -0.2) is 0 Å². The van der Waals surface area contributed by atoms with Crippen LogP contribution in [0, 0.1) is 5.21 Å². The van der Waals surface area contributed by atoms with Crippen LogP contribution in [0.5, 0.6) is 11.6 Å². The van der Waals surface area contributed by atoms with E-state index < -0.39 is 0 Å². The van der Waals surface area contributed by atoms with E-state index in [0.717, 1.165) is 12.8 Å². The zero-order valence-corrected chi connectivity index (χ0v) is 12.0. The fraction of sp³-hybridized carbons (Fsp3) is 0.176. The number of benzene rings is 2. The molecule has 0 saturated heterocycles. The van der Waals surface area contributed by atoms with E-state index in [1.54, 1.807) is 12.1 Å². The van der Waals surface area contributed by atoms with E-state index in [1.165, 1.54) is 5.56 Å². The summed E-state index contributed by atoms with van der Waals surface area (Å²) in [5.41, 5.74) is 1.65. The maximum atomic E-state index is 11.7. The van der Waals surface area contributed by atoms with Gasteiger partial charge in [-0.15, -0.1) is 0 Å². The van der Waals surface area contributed by atoms with Gasteiger partial charge in [0.2, 0.25) is 5.69 Å². The third-order valence-corrected chi connectivity index (χ3v) is 3.34. The quantitative estimate of drug-likeness (QED) is 0.655. The lowest BCUT2D eigenvalue weighted by atomic mass is 10.1. The Hall–Kier alpha value is -2.82. The molecule has 3 rings (SSSR count). The normalized spacial score (nSPS) is 10.5. The van der Waals surface area contributed by atoms with Crippen molar-refractivity contribution in [3.05, 3.63) is 77.1 Å². The zero-order chi connectivity index (χ0) is 15.2. The van der Waals surface area contributed by atoms with Crippen molar-refractivity contribution < 1.29 is 14.3 Å². The Morgan fingerprint density at radius 2 is 1.64 bits per heavy atom. The molecule has 0 unspecified atom stereocenters. The summed E-state index contributed by atoms with van der Waals surface area (Å²) in [4.78, 5) is 0.420. The Bertz CT molecular complexity index is 711. The maximum Gasteiger partial charge on any atom is 0.403 e. The van der Waals surface area contributed by atoms with E-state index in [0.29, 0.717) is 22.8 Å². The van der Waals surface area contributed by atoms with Crippen LogP contribution in [-0.2, 0) is 12.8 Å². The first-order valence-electron chi connectivity index (χ1n) is 7.18. The van der Waals surface area contributed by atoms with E-state index in [4.69, 9.17) is 4.74 Å². The molecule has 0 amide bonds. The predicted octanol–water partition coefficient (Wildman–Crippen LogP) is 3.28. The van der Waals surface area contributed by atoms with Crippen molar-refractivity contribution in [2.24, 2.45) is 0 Å². The molecule has 0 aliphatic rings. The third kappa shape index (κ3) is 3.44. The Kier molecular flexibility index (Phi) is 4.34. The molecule has 0 fully saturated rings. The number of rotatable bonds is 6. The van der Waals surface area contributed by atoms with Crippen LogP contribution in [0.4, 0.5) is 0 Å². The molecule has 0 bridgehead atoms. The molecular weight excluding hydrogens is 280 g/mol. The van der Waals surface area contributed by atoms with Gasteiger partial charge in [-0.2, -0.15) is 0 Å².